The van der Waals surface area contributed by atoms with Crippen LogP contribution in [0.3, 0.4) is 0 Å². The van der Waals surface area contributed by atoms with E-state index in [2.05, 4.69) is 130 Å². The molecule has 0 aromatic heterocycles. The first-order chi connectivity index (χ1) is 32.0. The van der Waals surface area contributed by atoms with Gasteiger partial charge in [0.15, 0.2) is 6.10 Å². The Morgan fingerprint density at radius 2 is 0.600 bits per heavy atom. The number of carbonyl (C=O) groups excluding carboxylic acids is 3. The molecule has 0 heterocycles. The molecule has 0 aromatic rings. The number of unbranched alkanes of at least 4 members (excludes halogenated alkanes) is 17. The van der Waals surface area contributed by atoms with E-state index in [-0.39, 0.29) is 37.5 Å². The summed E-state index contributed by atoms with van der Waals surface area (Å²) in [6.07, 6.45) is 70.7. The summed E-state index contributed by atoms with van der Waals surface area (Å²) in [5, 5.41) is 0. The van der Waals surface area contributed by atoms with E-state index in [1.165, 1.54) is 51.4 Å². The van der Waals surface area contributed by atoms with Gasteiger partial charge >= 0.3 is 17.9 Å². The SMILES string of the molecule is CC/C=C\C/C=C\C/C=C\C/C=C\CCCCC(=O)O[C@@H](COC(=O)CCCCCC/C=C\C/C=C\C/C=C\CCCCC)COC(=O)CCCCCCC/C=C\C/C=C\CCCCC. The second-order valence-electron chi connectivity index (χ2n) is 17.0. The van der Waals surface area contributed by atoms with Gasteiger partial charge < -0.3 is 14.2 Å². The zero-order valence-corrected chi connectivity index (χ0v) is 42.0. The Bertz CT molecular complexity index is 1360. The van der Waals surface area contributed by atoms with E-state index in [0.29, 0.717) is 19.3 Å². The van der Waals surface area contributed by atoms with E-state index < -0.39 is 6.10 Å². The van der Waals surface area contributed by atoms with Crippen LogP contribution in [0.4, 0.5) is 0 Å². The molecule has 65 heavy (non-hydrogen) atoms. The minimum Gasteiger partial charge on any atom is -0.462 e. The van der Waals surface area contributed by atoms with Gasteiger partial charge in [-0.1, -0.05) is 188 Å². The van der Waals surface area contributed by atoms with Crippen molar-refractivity contribution in [2.45, 2.75) is 232 Å². The molecular weight excluding hydrogens is 805 g/mol. The predicted molar refractivity (Wildman–Crippen MR) is 279 cm³/mol. The Kier molecular flexibility index (Phi) is 49.5. The number of hydrogen-bond donors (Lipinski definition) is 0. The lowest BCUT2D eigenvalue weighted by atomic mass is 10.1. The number of esters is 3. The van der Waals surface area contributed by atoms with Gasteiger partial charge in [0.05, 0.1) is 0 Å². The molecule has 6 heteroatoms. The molecule has 0 aliphatic rings. The number of carbonyl (C=O) groups is 3. The molecule has 0 aliphatic heterocycles. The van der Waals surface area contributed by atoms with E-state index in [4.69, 9.17) is 14.2 Å². The lowest BCUT2D eigenvalue weighted by molar-refractivity contribution is -0.167. The third-order valence-corrected chi connectivity index (χ3v) is 10.7. The quantitative estimate of drug-likeness (QED) is 0.0262. The van der Waals surface area contributed by atoms with Crippen LogP contribution in [-0.2, 0) is 28.6 Å². The van der Waals surface area contributed by atoms with Crippen LogP contribution in [0.1, 0.15) is 226 Å². The van der Waals surface area contributed by atoms with E-state index in [0.717, 1.165) is 128 Å². The lowest BCUT2D eigenvalue weighted by Crippen LogP contribution is -2.30. The van der Waals surface area contributed by atoms with E-state index in [1.807, 2.05) is 0 Å². The van der Waals surface area contributed by atoms with E-state index >= 15 is 0 Å². The molecule has 6 nitrogen and oxygen atoms in total. The normalized spacial score (nSPS) is 13.0. The molecule has 0 fully saturated rings. The van der Waals surface area contributed by atoms with Gasteiger partial charge in [-0.2, -0.15) is 0 Å². The van der Waals surface area contributed by atoms with Crippen molar-refractivity contribution < 1.29 is 28.6 Å². The Hall–Kier alpha value is -3.93. The topological polar surface area (TPSA) is 78.9 Å². The van der Waals surface area contributed by atoms with Crippen molar-refractivity contribution in [2.75, 3.05) is 13.2 Å². The average Bonchev–Trinajstić information content (AvgIpc) is 3.30. The van der Waals surface area contributed by atoms with E-state index in [1.54, 1.807) is 0 Å². The van der Waals surface area contributed by atoms with Crippen LogP contribution in [0.5, 0.6) is 0 Å². The van der Waals surface area contributed by atoms with Crippen LogP contribution >= 0.6 is 0 Å². The summed E-state index contributed by atoms with van der Waals surface area (Å²) in [6, 6.07) is 0. The van der Waals surface area contributed by atoms with Crippen LogP contribution in [-0.4, -0.2) is 37.2 Å². The molecule has 0 N–H and O–H groups in total. The first-order valence-corrected chi connectivity index (χ1v) is 26.4. The molecule has 0 aromatic carbocycles. The largest absolute Gasteiger partial charge is 0.462 e. The lowest BCUT2D eigenvalue weighted by Gasteiger charge is -2.18. The van der Waals surface area contributed by atoms with Gasteiger partial charge in [-0.3, -0.25) is 14.4 Å². The number of allylic oxidation sites excluding steroid dienone is 18. The monoisotopic (exact) mass is 901 g/mol. The van der Waals surface area contributed by atoms with Gasteiger partial charge in [0.25, 0.3) is 0 Å². The minimum absolute atomic E-state index is 0.112. The smallest absolute Gasteiger partial charge is 0.306 e. The number of rotatable bonds is 46. The average molecular weight is 901 g/mol. The predicted octanol–water partition coefficient (Wildman–Crippen LogP) is 17.5. The van der Waals surface area contributed by atoms with Crippen molar-refractivity contribution in [2.24, 2.45) is 0 Å². The first-order valence-electron chi connectivity index (χ1n) is 26.4. The van der Waals surface area contributed by atoms with Crippen LogP contribution in [0.15, 0.2) is 109 Å². The van der Waals surface area contributed by atoms with Gasteiger partial charge in [0.1, 0.15) is 13.2 Å². The van der Waals surface area contributed by atoms with Crippen LogP contribution in [0.2, 0.25) is 0 Å². The molecule has 368 valence electrons. The van der Waals surface area contributed by atoms with E-state index in [9.17, 15) is 14.4 Å². The zero-order chi connectivity index (χ0) is 47.2. The molecular formula is C59H96O6. The maximum Gasteiger partial charge on any atom is 0.306 e. The highest BCUT2D eigenvalue weighted by atomic mass is 16.6. The Balaban J connectivity index is 4.53. The third-order valence-electron chi connectivity index (χ3n) is 10.7. The van der Waals surface area contributed by atoms with Crippen molar-refractivity contribution in [3.8, 4) is 0 Å². The Morgan fingerprint density at radius 3 is 0.969 bits per heavy atom. The van der Waals surface area contributed by atoms with Gasteiger partial charge in [-0.15, -0.1) is 0 Å². The summed E-state index contributed by atoms with van der Waals surface area (Å²) in [5.74, 6) is -0.993. The first kappa shape index (κ1) is 61.1. The molecule has 0 saturated heterocycles. The fourth-order valence-electron chi connectivity index (χ4n) is 6.76. The third kappa shape index (κ3) is 50.9. The fourth-order valence-corrected chi connectivity index (χ4v) is 6.76. The number of ether oxygens (including phenoxy) is 3. The maximum absolute atomic E-state index is 12.8. The summed E-state index contributed by atoms with van der Waals surface area (Å²) in [5.41, 5.74) is 0. The highest BCUT2D eigenvalue weighted by molar-refractivity contribution is 5.71. The van der Waals surface area contributed by atoms with Crippen molar-refractivity contribution in [3.63, 3.8) is 0 Å². The van der Waals surface area contributed by atoms with Gasteiger partial charge in [-0.05, 0) is 128 Å². The molecule has 0 spiro atoms. The van der Waals surface area contributed by atoms with Crippen LogP contribution < -0.4 is 0 Å². The standard InChI is InChI=1S/C59H96O6/c1-4-7-10-13-16-19-22-25-28-29-32-34-37-40-43-46-49-52-58(61)64-55-56(65-59(62)53-50-47-44-41-38-35-31-27-24-21-18-15-12-9-6-3)54-63-57(60)51-48-45-42-39-36-33-30-26-23-20-17-14-11-8-5-2/h9,12,16-21,25-28,30-32,34,38,41,56H,4-8,10-11,13-15,22-24,29,33,35-37,39-40,42-55H2,1-3H3/b12-9-,19-16-,20-17-,21-18-,28-25-,30-26-,31-27-,34-32-,41-38-/t56-/m1/s1. The fraction of sp³-hybridized carbons (Fsp3) is 0.644. The molecule has 0 rings (SSSR count). The minimum atomic E-state index is -0.817. The molecule has 1 atom stereocenters. The summed E-state index contributed by atoms with van der Waals surface area (Å²) < 4.78 is 16.7. The Labute approximate surface area is 400 Å². The second-order valence-corrected chi connectivity index (χ2v) is 17.0. The molecule has 0 aliphatic carbocycles. The van der Waals surface area contributed by atoms with Gasteiger partial charge in [0, 0.05) is 19.3 Å². The second kappa shape index (κ2) is 52.7. The van der Waals surface area contributed by atoms with Crippen molar-refractivity contribution in [3.05, 3.63) is 109 Å². The Morgan fingerprint density at radius 1 is 0.323 bits per heavy atom. The molecule has 0 amide bonds. The highest BCUT2D eigenvalue weighted by Crippen LogP contribution is 2.12. The zero-order valence-electron chi connectivity index (χ0n) is 42.0. The maximum atomic E-state index is 12.8. The highest BCUT2D eigenvalue weighted by Gasteiger charge is 2.19. The van der Waals surface area contributed by atoms with Crippen molar-refractivity contribution in [1.82, 2.24) is 0 Å². The molecule has 0 saturated carbocycles. The van der Waals surface area contributed by atoms with Crippen LogP contribution in [0, 0.1) is 0 Å². The molecule has 0 radical (unpaired) electrons. The number of hydrogen-bond acceptors (Lipinski definition) is 6. The summed E-state index contributed by atoms with van der Waals surface area (Å²) in [4.78, 5) is 38.0. The van der Waals surface area contributed by atoms with Gasteiger partial charge in [-0.25, -0.2) is 0 Å². The summed E-state index contributed by atoms with van der Waals surface area (Å²) >= 11 is 0. The van der Waals surface area contributed by atoms with Crippen molar-refractivity contribution >= 4 is 17.9 Å². The molecule has 0 unspecified atom stereocenters. The summed E-state index contributed by atoms with van der Waals surface area (Å²) in [6.45, 7) is 6.39. The molecule has 0 bridgehead atoms. The van der Waals surface area contributed by atoms with Crippen molar-refractivity contribution in [1.29, 1.82) is 0 Å². The van der Waals surface area contributed by atoms with Crippen LogP contribution in [0.25, 0.3) is 0 Å². The van der Waals surface area contributed by atoms with Gasteiger partial charge in [0.2, 0.25) is 0 Å². The summed E-state index contributed by atoms with van der Waals surface area (Å²) in [7, 11) is 0.